The largest absolute Gasteiger partial charge is 0.465 e. The number of esters is 1. The lowest BCUT2D eigenvalue weighted by atomic mass is 10.4. The van der Waals surface area contributed by atoms with E-state index < -0.39 is 0 Å². The van der Waals surface area contributed by atoms with Gasteiger partial charge in [0.2, 0.25) is 0 Å². The highest BCUT2D eigenvalue weighted by atomic mass is 16.5. The quantitative estimate of drug-likeness (QED) is 0.633. The first kappa shape index (κ1) is 9.73. The third kappa shape index (κ3) is 3.71. The summed E-state index contributed by atoms with van der Waals surface area (Å²) in [6.45, 7) is 3.03. The molecule has 0 saturated heterocycles. The molecule has 1 heterocycles. The molecule has 0 aliphatic carbocycles. The zero-order chi connectivity index (χ0) is 9.52. The fourth-order valence-corrected chi connectivity index (χ4v) is 0.893. The molecule has 1 aromatic rings. The zero-order valence-electron chi connectivity index (χ0n) is 7.54. The Kier molecular flexibility index (Phi) is 3.98. The van der Waals surface area contributed by atoms with Crippen LogP contribution in [-0.4, -0.2) is 29.1 Å². The molecule has 2 N–H and O–H groups in total. The molecule has 0 unspecified atom stereocenters. The average molecular weight is 183 g/mol. The van der Waals surface area contributed by atoms with Crippen LogP contribution in [-0.2, 0) is 16.1 Å². The number of ether oxygens (including phenoxy) is 1. The van der Waals surface area contributed by atoms with Crippen molar-refractivity contribution in [2.45, 2.75) is 13.5 Å². The van der Waals surface area contributed by atoms with Gasteiger partial charge in [0.15, 0.2) is 0 Å². The van der Waals surface area contributed by atoms with Crippen LogP contribution in [0.15, 0.2) is 12.5 Å². The van der Waals surface area contributed by atoms with Crippen molar-refractivity contribution in [1.82, 2.24) is 15.3 Å². The molecule has 13 heavy (non-hydrogen) atoms. The summed E-state index contributed by atoms with van der Waals surface area (Å²) in [4.78, 5) is 17.6. The number of nitrogens with zero attached hydrogens (tertiary/aromatic N) is 1. The Hall–Kier alpha value is -1.36. The summed E-state index contributed by atoms with van der Waals surface area (Å²) < 4.78 is 4.73. The molecule has 0 aromatic carbocycles. The van der Waals surface area contributed by atoms with Crippen LogP contribution in [0.1, 0.15) is 12.6 Å². The van der Waals surface area contributed by atoms with E-state index in [9.17, 15) is 4.79 Å². The second kappa shape index (κ2) is 5.31. The number of aromatic nitrogens is 2. The normalized spacial score (nSPS) is 9.92. The summed E-state index contributed by atoms with van der Waals surface area (Å²) in [7, 11) is 0. The van der Waals surface area contributed by atoms with Crippen molar-refractivity contribution in [3.05, 3.63) is 18.2 Å². The number of H-pyrrole nitrogens is 1. The molecular formula is C8H13N3O2. The molecule has 0 saturated carbocycles. The number of carbonyl (C=O) groups excluding carboxylic acids is 1. The van der Waals surface area contributed by atoms with Gasteiger partial charge < -0.3 is 15.0 Å². The first-order chi connectivity index (χ1) is 6.33. The lowest BCUT2D eigenvalue weighted by Crippen LogP contribution is -2.24. The highest BCUT2D eigenvalue weighted by Crippen LogP contribution is 1.88. The molecule has 0 radical (unpaired) electrons. The maximum absolute atomic E-state index is 10.9. The molecule has 5 heteroatoms. The molecule has 5 nitrogen and oxygen atoms in total. The van der Waals surface area contributed by atoms with Gasteiger partial charge in [-0.1, -0.05) is 0 Å². The van der Waals surface area contributed by atoms with Gasteiger partial charge in [0.25, 0.3) is 0 Å². The maximum Gasteiger partial charge on any atom is 0.319 e. The number of nitrogens with one attached hydrogen (secondary N) is 2. The monoisotopic (exact) mass is 183 g/mol. The highest BCUT2D eigenvalue weighted by Gasteiger charge is 2.00. The van der Waals surface area contributed by atoms with E-state index in [1.54, 1.807) is 19.4 Å². The summed E-state index contributed by atoms with van der Waals surface area (Å²) in [6, 6.07) is 0. The van der Waals surface area contributed by atoms with Crippen molar-refractivity contribution in [2.75, 3.05) is 13.2 Å². The van der Waals surface area contributed by atoms with Gasteiger partial charge in [-0.3, -0.25) is 4.79 Å². The van der Waals surface area contributed by atoms with Crippen LogP contribution in [0.2, 0.25) is 0 Å². The first-order valence-corrected chi connectivity index (χ1v) is 4.16. The first-order valence-electron chi connectivity index (χ1n) is 4.16. The van der Waals surface area contributed by atoms with Crippen LogP contribution < -0.4 is 5.32 Å². The Labute approximate surface area is 76.5 Å². The summed E-state index contributed by atoms with van der Waals surface area (Å²) in [5.74, 6) is -0.234. The van der Waals surface area contributed by atoms with Crippen LogP contribution >= 0.6 is 0 Å². The van der Waals surface area contributed by atoms with E-state index in [0.717, 1.165) is 5.69 Å². The minimum atomic E-state index is -0.234. The number of aromatic amines is 1. The zero-order valence-corrected chi connectivity index (χ0v) is 7.54. The molecule has 0 amide bonds. The summed E-state index contributed by atoms with van der Waals surface area (Å²) in [6.07, 6.45) is 3.31. The van der Waals surface area contributed by atoms with Crippen LogP contribution in [0.5, 0.6) is 0 Å². The van der Waals surface area contributed by atoms with E-state index in [-0.39, 0.29) is 12.5 Å². The van der Waals surface area contributed by atoms with Crippen LogP contribution in [0.4, 0.5) is 0 Å². The lowest BCUT2D eigenvalue weighted by Gasteiger charge is -2.02. The number of imidazole rings is 1. The third-order valence-corrected chi connectivity index (χ3v) is 1.44. The Morgan fingerprint density at radius 3 is 3.23 bits per heavy atom. The SMILES string of the molecule is CCOC(=O)CNCc1cnc[nH]1. The molecule has 0 atom stereocenters. The minimum Gasteiger partial charge on any atom is -0.465 e. The van der Waals surface area contributed by atoms with Crippen molar-refractivity contribution < 1.29 is 9.53 Å². The van der Waals surface area contributed by atoms with E-state index in [4.69, 9.17) is 4.74 Å². The number of hydrogen-bond donors (Lipinski definition) is 2. The van der Waals surface area contributed by atoms with Gasteiger partial charge in [0.1, 0.15) is 0 Å². The van der Waals surface area contributed by atoms with Gasteiger partial charge in [-0.15, -0.1) is 0 Å². The van der Waals surface area contributed by atoms with Gasteiger partial charge in [-0.25, -0.2) is 4.98 Å². The van der Waals surface area contributed by atoms with Crippen molar-refractivity contribution in [3.63, 3.8) is 0 Å². The highest BCUT2D eigenvalue weighted by molar-refractivity contribution is 5.71. The molecular weight excluding hydrogens is 170 g/mol. The van der Waals surface area contributed by atoms with E-state index >= 15 is 0 Å². The van der Waals surface area contributed by atoms with Crippen molar-refractivity contribution >= 4 is 5.97 Å². The smallest absolute Gasteiger partial charge is 0.319 e. The molecule has 72 valence electrons. The Bertz CT molecular complexity index is 246. The van der Waals surface area contributed by atoms with Crippen molar-refractivity contribution in [1.29, 1.82) is 0 Å². The van der Waals surface area contributed by atoms with Gasteiger partial charge >= 0.3 is 5.97 Å². The maximum atomic E-state index is 10.9. The minimum absolute atomic E-state index is 0.229. The molecule has 1 rings (SSSR count). The second-order valence-corrected chi connectivity index (χ2v) is 2.49. The van der Waals surface area contributed by atoms with Crippen LogP contribution in [0.3, 0.4) is 0 Å². The van der Waals surface area contributed by atoms with Crippen molar-refractivity contribution in [2.24, 2.45) is 0 Å². The Morgan fingerprint density at radius 1 is 1.77 bits per heavy atom. The number of rotatable bonds is 5. The van der Waals surface area contributed by atoms with E-state index in [0.29, 0.717) is 13.2 Å². The van der Waals surface area contributed by atoms with Gasteiger partial charge in [-0.2, -0.15) is 0 Å². The average Bonchev–Trinajstić information content (AvgIpc) is 2.57. The van der Waals surface area contributed by atoms with E-state index in [1.807, 2.05) is 0 Å². The van der Waals surface area contributed by atoms with Crippen molar-refractivity contribution in [3.8, 4) is 0 Å². The van der Waals surface area contributed by atoms with Gasteiger partial charge in [0, 0.05) is 18.4 Å². The molecule has 0 aliphatic rings. The summed E-state index contributed by atoms with van der Waals surface area (Å²) in [5, 5.41) is 2.93. The second-order valence-electron chi connectivity index (χ2n) is 2.49. The van der Waals surface area contributed by atoms with E-state index in [2.05, 4.69) is 15.3 Å². The fraction of sp³-hybridized carbons (Fsp3) is 0.500. The lowest BCUT2D eigenvalue weighted by molar-refractivity contribution is -0.142. The predicted octanol–water partition coefficient (Wildman–Crippen LogP) is 0.0624. The molecule has 0 spiro atoms. The summed E-state index contributed by atoms with van der Waals surface area (Å²) >= 11 is 0. The van der Waals surface area contributed by atoms with E-state index in [1.165, 1.54) is 0 Å². The summed E-state index contributed by atoms with van der Waals surface area (Å²) in [5.41, 5.74) is 0.948. The molecule has 0 bridgehead atoms. The third-order valence-electron chi connectivity index (χ3n) is 1.44. The standard InChI is InChI=1S/C8H13N3O2/c1-2-13-8(12)5-9-3-7-4-10-6-11-7/h4,6,9H,2-3,5H2,1H3,(H,10,11). The topological polar surface area (TPSA) is 67.0 Å². The molecule has 1 aromatic heterocycles. The Morgan fingerprint density at radius 2 is 2.62 bits per heavy atom. The van der Waals surface area contributed by atoms with Crippen LogP contribution in [0, 0.1) is 0 Å². The predicted molar refractivity (Wildman–Crippen MR) is 46.9 cm³/mol. The Balaban J connectivity index is 2.11. The van der Waals surface area contributed by atoms with Gasteiger partial charge in [-0.05, 0) is 6.92 Å². The molecule has 0 aliphatic heterocycles. The van der Waals surface area contributed by atoms with Gasteiger partial charge in [0.05, 0.1) is 19.5 Å². The fourth-order valence-electron chi connectivity index (χ4n) is 0.893. The van der Waals surface area contributed by atoms with Crippen LogP contribution in [0.25, 0.3) is 0 Å². The number of hydrogen-bond acceptors (Lipinski definition) is 4. The number of carbonyl (C=O) groups is 1. The molecule has 0 fully saturated rings.